The molecular weight excluding hydrogens is 190 g/mol. The summed E-state index contributed by atoms with van der Waals surface area (Å²) in [5.41, 5.74) is 1.60. The Bertz CT molecular complexity index is 319. The van der Waals surface area contributed by atoms with Crippen molar-refractivity contribution in [2.24, 2.45) is 0 Å². The first-order valence-electron chi connectivity index (χ1n) is 5.12. The first kappa shape index (κ1) is 11.6. The molecule has 1 aromatic rings. The first-order valence-corrected chi connectivity index (χ1v) is 5.12. The van der Waals surface area contributed by atoms with E-state index in [9.17, 15) is 4.79 Å². The highest BCUT2D eigenvalue weighted by Gasteiger charge is 2.04. The molecule has 0 fully saturated rings. The number of nitrogens with one attached hydrogen (secondary N) is 1. The van der Waals surface area contributed by atoms with Gasteiger partial charge in [0.15, 0.2) is 0 Å². The molecule has 3 nitrogen and oxygen atoms in total. The van der Waals surface area contributed by atoms with Crippen molar-refractivity contribution in [1.29, 1.82) is 0 Å². The number of ether oxygens (including phenoxy) is 1. The topological polar surface area (TPSA) is 38.3 Å². The molecule has 1 atom stereocenters. The van der Waals surface area contributed by atoms with Gasteiger partial charge in [0.2, 0.25) is 0 Å². The van der Waals surface area contributed by atoms with Crippen LogP contribution >= 0.6 is 0 Å². The van der Waals surface area contributed by atoms with Crippen molar-refractivity contribution >= 4 is 11.7 Å². The average molecular weight is 207 g/mol. The Labute approximate surface area is 90.4 Å². The molecule has 0 amide bonds. The lowest BCUT2D eigenvalue weighted by atomic mass is 10.2. The zero-order valence-corrected chi connectivity index (χ0v) is 9.41. The average Bonchev–Trinajstić information content (AvgIpc) is 2.29. The van der Waals surface area contributed by atoms with Crippen LogP contribution in [0.25, 0.3) is 0 Å². The summed E-state index contributed by atoms with van der Waals surface area (Å²) in [6.07, 6.45) is 1.07. The SMILES string of the molecule is CC[C@H](C)Nc1ccc(C(=O)OC)cc1. The van der Waals surface area contributed by atoms with E-state index < -0.39 is 0 Å². The molecule has 1 rings (SSSR count). The highest BCUT2D eigenvalue weighted by molar-refractivity contribution is 5.89. The molecule has 0 radical (unpaired) electrons. The third kappa shape index (κ3) is 3.27. The number of hydrogen-bond acceptors (Lipinski definition) is 3. The number of hydrogen-bond donors (Lipinski definition) is 1. The molecule has 82 valence electrons. The second-order valence-electron chi connectivity index (χ2n) is 3.52. The molecule has 0 saturated carbocycles. The van der Waals surface area contributed by atoms with Crippen LogP contribution in [-0.4, -0.2) is 19.1 Å². The van der Waals surface area contributed by atoms with Crippen LogP contribution in [0, 0.1) is 0 Å². The van der Waals surface area contributed by atoms with Crippen molar-refractivity contribution in [1.82, 2.24) is 0 Å². The van der Waals surface area contributed by atoms with Crippen LogP contribution in [0.2, 0.25) is 0 Å². The Balaban J connectivity index is 2.68. The van der Waals surface area contributed by atoms with E-state index in [-0.39, 0.29) is 5.97 Å². The molecule has 0 bridgehead atoms. The summed E-state index contributed by atoms with van der Waals surface area (Å²) >= 11 is 0. The van der Waals surface area contributed by atoms with Gasteiger partial charge in [0, 0.05) is 11.7 Å². The van der Waals surface area contributed by atoms with Gasteiger partial charge >= 0.3 is 5.97 Å². The standard InChI is InChI=1S/C12H17NO2/c1-4-9(2)13-11-7-5-10(6-8-11)12(14)15-3/h5-9,13H,4H2,1-3H3/t9-/m0/s1. The van der Waals surface area contributed by atoms with Gasteiger partial charge in [-0.2, -0.15) is 0 Å². The molecule has 0 aliphatic carbocycles. The maximum atomic E-state index is 11.2. The fraction of sp³-hybridized carbons (Fsp3) is 0.417. The smallest absolute Gasteiger partial charge is 0.337 e. The second-order valence-corrected chi connectivity index (χ2v) is 3.52. The molecule has 1 aromatic carbocycles. The molecule has 0 aromatic heterocycles. The zero-order chi connectivity index (χ0) is 11.3. The van der Waals surface area contributed by atoms with Crippen molar-refractivity contribution in [3.05, 3.63) is 29.8 Å². The number of carbonyl (C=O) groups excluding carboxylic acids is 1. The fourth-order valence-electron chi connectivity index (χ4n) is 1.21. The normalized spacial score (nSPS) is 11.9. The molecule has 3 heteroatoms. The van der Waals surface area contributed by atoms with Crippen molar-refractivity contribution in [3.63, 3.8) is 0 Å². The maximum Gasteiger partial charge on any atom is 0.337 e. The predicted octanol–water partition coefficient (Wildman–Crippen LogP) is 2.68. The number of benzene rings is 1. The number of carbonyl (C=O) groups is 1. The largest absolute Gasteiger partial charge is 0.465 e. The predicted molar refractivity (Wildman–Crippen MR) is 61.2 cm³/mol. The Morgan fingerprint density at radius 3 is 2.47 bits per heavy atom. The van der Waals surface area contributed by atoms with Gasteiger partial charge in [-0.1, -0.05) is 6.92 Å². The lowest BCUT2D eigenvalue weighted by molar-refractivity contribution is 0.0601. The van der Waals surface area contributed by atoms with Crippen LogP contribution in [0.4, 0.5) is 5.69 Å². The number of esters is 1. The van der Waals surface area contributed by atoms with E-state index in [4.69, 9.17) is 0 Å². The lowest BCUT2D eigenvalue weighted by Crippen LogP contribution is -2.13. The van der Waals surface area contributed by atoms with Gasteiger partial charge in [0.05, 0.1) is 12.7 Å². The Morgan fingerprint density at radius 1 is 1.40 bits per heavy atom. The summed E-state index contributed by atoms with van der Waals surface area (Å²) in [6, 6.07) is 7.73. The van der Waals surface area contributed by atoms with Gasteiger partial charge in [-0.3, -0.25) is 0 Å². The number of anilines is 1. The summed E-state index contributed by atoms with van der Waals surface area (Å²) < 4.78 is 4.62. The van der Waals surface area contributed by atoms with E-state index in [0.717, 1.165) is 12.1 Å². The molecule has 0 saturated heterocycles. The summed E-state index contributed by atoms with van der Waals surface area (Å²) in [5.74, 6) is -0.301. The van der Waals surface area contributed by atoms with Crippen LogP contribution < -0.4 is 5.32 Å². The minimum absolute atomic E-state index is 0.301. The number of methoxy groups -OCH3 is 1. The molecule has 0 unspecified atom stereocenters. The van der Waals surface area contributed by atoms with E-state index in [1.165, 1.54) is 7.11 Å². The van der Waals surface area contributed by atoms with E-state index >= 15 is 0 Å². The van der Waals surface area contributed by atoms with Gasteiger partial charge in [0.25, 0.3) is 0 Å². The van der Waals surface area contributed by atoms with Crippen molar-refractivity contribution in [2.75, 3.05) is 12.4 Å². The van der Waals surface area contributed by atoms with Gasteiger partial charge in [-0.25, -0.2) is 4.79 Å². The first-order chi connectivity index (χ1) is 7.17. The van der Waals surface area contributed by atoms with Crippen molar-refractivity contribution in [2.45, 2.75) is 26.3 Å². The third-order valence-electron chi connectivity index (χ3n) is 2.33. The monoisotopic (exact) mass is 207 g/mol. The Kier molecular flexibility index (Phi) is 4.16. The fourth-order valence-corrected chi connectivity index (χ4v) is 1.21. The minimum atomic E-state index is -0.301. The van der Waals surface area contributed by atoms with Crippen LogP contribution in [0.15, 0.2) is 24.3 Å². The lowest BCUT2D eigenvalue weighted by Gasteiger charge is -2.12. The summed E-state index contributed by atoms with van der Waals surface area (Å²) in [7, 11) is 1.38. The van der Waals surface area contributed by atoms with Gasteiger partial charge in [0.1, 0.15) is 0 Å². The second kappa shape index (κ2) is 5.39. The molecule has 0 heterocycles. The zero-order valence-electron chi connectivity index (χ0n) is 9.41. The van der Waals surface area contributed by atoms with Crippen LogP contribution in [0.5, 0.6) is 0 Å². The molecule has 15 heavy (non-hydrogen) atoms. The van der Waals surface area contributed by atoms with Crippen molar-refractivity contribution < 1.29 is 9.53 Å². The van der Waals surface area contributed by atoms with Crippen LogP contribution in [-0.2, 0) is 4.74 Å². The van der Waals surface area contributed by atoms with E-state index in [1.807, 2.05) is 12.1 Å². The highest BCUT2D eigenvalue weighted by atomic mass is 16.5. The van der Waals surface area contributed by atoms with Crippen LogP contribution in [0.1, 0.15) is 30.6 Å². The third-order valence-corrected chi connectivity index (χ3v) is 2.33. The van der Waals surface area contributed by atoms with Crippen molar-refractivity contribution in [3.8, 4) is 0 Å². The molecule has 0 spiro atoms. The summed E-state index contributed by atoms with van der Waals surface area (Å²) in [5, 5.41) is 3.32. The molecule has 1 N–H and O–H groups in total. The number of rotatable bonds is 4. The van der Waals surface area contributed by atoms with Gasteiger partial charge < -0.3 is 10.1 Å². The van der Waals surface area contributed by atoms with Crippen LogP contribution in [0.3, 0.4) is 0 Å². The van der Waals surface area contributed by atoms with E-state index in [0.29, 0.717) is 11.6 Å². The Morgan fingerprint density at radius 2 is 2.00 bits per heavy atom. The van der Waals surface area contributed by atoms with Gasteiger partial charge in [-0.05, 0) is 37.6 Å². The van der Waals surface area contributed by atoms with E-state index in [2.05, 4.69) is 23.9 Å². The molecule has 0 aliphatic rings. The highest BCUT2D eigenvalue weighted by Crippen LogP contribution is 2.12. The maximum absolute atomic E-state index is 11.2. The Hall–Kier alpha value is -1.51. The summed E-state index contributed by atoms with van der Waals surface area (Å²) in [6.45, 7) is 4.24. The van der Waals surface area contributed by atoms with Gasteiger partial charge in [-0.15, -0.1) is 0 Å². The molecular formula is C12H17NO2. The minimum Gasteiger partial charge on any atom is -0.465 e. The molecule has 0 aliphatic heterocycles. The van der Waals surface area contributed by atoms with E-state index in [1.54, 1.807) is 12.1 Å². The summed E-state index contributed by atoms with van der Waals surface area (Å²) in [4.78, 5) is 11.2. The quantitative estimate of drug-likeness (QED) is 0.771.